The van der Waals surface area contributed by atoms with Crippen molar-refractivity contribution in [1.29, 1.82) is 0 Å². The minimum absolute atomic E-state index is 0. The molecule has 25 heavy (non-hydrogen) atoms. The zero-order valence-corrected chi connectivity index (χ0v) is 15.1. The second-order valence-electron chi connectivity index (χ2n) is 4.87. The van der Waals surface area contributed by atoms with Crippen molar-refractivity contribution in [2.75, 3.05) is 6.61 Å². The number of halogens is 3. The fraction of sp³-hybridized carbons (Fsp3) is 0.125. The van der Waals surface area contributed by atoms with Crippen LogP contribution in [0.25, 0.3) is 0 Å². The van der Waals surface area contributed by atoms with Crippen LogP contribution in [0.3, 0.4) is 0 Å². The Bertz CT molecular complexity index is 812. The minimum atomic E-state index is -0.666. The molecule has 134 valence electrons. The average Bonchev–Trinajstić information content (AvgIpc) is 2.56. The molecule has 0 aromatic heterocycles. The van der Waals surface area contributed by atoms with E-state index in [1.807, 2.05) is 0 Å². The maximum absolute atomic E-state index is 12.6. The van der Waals surface area contributed by atoms with Crippen molar-refractivity contribution in [3.63, 3.8) is 0 Å². The molecule has 0 spiro atoms. The topological polar surface area (TPSA) is 116 Å². The van der Waals surface area contributed by atoms with Crippen molar-refractivity contribution >= 4 is 47.3 Å². The highest BCUT2D eigenvalue weighted by Gasteiger charge is 2.19. The average molecular weight is 406 g/mol. The van der Waals surface area contributed by atoms with Crippen molar-refractivity contribution in [3.05, 3.63) is 57.1 Å². The van der Waals surface area contributed by atoms with Gasteiger partial charge in [0.25, 0.3) is 5.91 Å². The molecule has 0 atom stereocenters. The molecular formula is C16H15Cl3N2O4. The molecule has 0 radical (unpaired) electrons. The first-order valence-corrected chi connectivity index (χ1v) is 7.56. The Labute approximate surface area is 160 Å². The monoisotopic (exact) mass is 404 g/mol. The molecule has 0 aliphatic carbocycles. The molecule has 0 saturated heterocycles. The van der Waals surface area contributed by atoms with Crippen molar-refractivity contribution in [2.45, 2.75) is 6.54 Å². The van der Waals surface area contributed by atoms with Crippen molar-refractivity contribution < 1.29 is 19.4 Å². The summed E-state index contributed by atoms with van der Waals surface area (Å²) in [6.07, 6.45) is 0. The van der Waals surface area contributed by atoms with Crippen LogP contribution in [0.4, 0.5) is 0 Å². The third kappa shape index (κ3) is 4.76. The smallest absolute Gasteiger partial charge is 0.255 e. The molecule has 2 aromatic carbocycles. The molecule has 0 saturated carbocycles. The quantitative estimate of drug-likeness (QED) is 0.639. The van der Waals surface area contributed by atoms with Crippen LogP contribution in [-0.4, -0.2) is 23.4 Å². The predicted octanol–water partition coefficient (Wildman–Crippen LogP) is 2.67. The van der Waals surface area contributed by atoms with Crippen LogP contribution < -0.4 is 16.2 Å². The van der Waals surface area contributed by atoms with E-state index in [4.69, 9.17) is 39.4 Å². The minimum Gasteiger partial charge on any atom is -0.508 e. The van der Waals surface area contributed by atoms with E-state index in [1.165, 1.54) is 30.3 Å². The number of aromatic hydroxyl groups is 1. The van der Waals surface area contributed by atoms with Crippen molar-refractivity contribution in [2.24, 2.45) is 11.5 Å². The van der Waals surface area contributed by atoms with Crippen LogP contribution in [0.5, 0.6) is 11.5 Å². The van der Waals surface area contributed by atoms with Gasteiger partial charge in [-0.15, -0.1) is 12.4 Å². The largest absolute Gasteiger partial charge is 0.508 e. The number of amides is 1. The maximum Gasteiger partial charge on any atom is 0.255 e. The number of ketones is 1. The van der Waals surface area contributed by atoms with Gasteiger partial charge in [-0.05, 0) is 30.3 Å². The van der Waals surface area contributed by atoms with Crippen LogP contribution in [0.1, 0.15) is 21.5 Å². The molecular weight excluding hydrogens is 391 g/mol. The molecule has 0 unspecified atom stereocenters. The van der Waals surface area contributed by atoms with Crippen LogP contribution in [0, 0.1) is 0 Å². The van der Waals surface area contributed by atoms with E-state index in [0.29, 0.717) is 11.1 Å². The number of hydrogen-bond acceptors (Lipinski definition) is 5. The summed E-state index contributed by atoms with van der Waals surface area (Å²) < 4.78 is 5.12. The third-order valence-corrected chi connectivity index (χ3v) is 4.09. The molecule has 0 heterocycles. The first-order chi connectivity index (χ1) is 11.3. The lowest BCUT2D eigenvalue weighted by Crippen LogP contribution is -2.20. The van der Waals surface area contributed by atoms with E-state index < -0.39 is 11.7 Å². The van der Waals surface area contributed by atoms with E-state index in [-0.39, 0.29) is 52.7 Å². The highest BCUT2D eigenvalue weighted by Crippen LogP contribution is 2.36. The molecule has 0 fully saturated rings. The zero-order chi connectivity index (χ0) is 17.9. The first-order valence-electron chi connectivity index (χ1n) is 6.81. The van der Waals surface area contributed by atoms with Gasteiger partial charge in [0.1, 0.15) is 16.5 Å². The van der Waals surface area contributed by atoms with E-state index in [2.05, 4.69) is 0 Å². The van der Waals surface area contributed by atoms with Gasteiger partial charge in [-0.25, -0.2) is 0 Å². The van der Waals surface area contributed by atoms with Crippen LogP contribution in [-0.2, 0) is 11.3 Å². The lowest BCUT2D eigenvalue weighted by molar-refractivity contribution is -0.119. The summed E-state index contributed by atoms with van der Waals surface area (Å²) in [5.41, 5.74) is 11.4. The summed E-state index contributed by atoms with van der Waals surface area (Å²) in [6.45, 7) is -0.275. The van der Waals surface area contributed by atoms with E-state index in [9.17, 15) is 14.7 Å². The van der Waals surface area contributed by atoms with Crippen LogP contribution in [0.2, 0.25) is 10.0 Å². The Morgan fingerprint density at radius 3 is 2.40 bits per heavy atom. The molecule has 5 N–H and O–H groups in total. The SMILES string of the molecule is Cl.NCc1cc(C(=O)c2ccc(OCC(N)=O)c(Cl)c2Cl)ccc1O. The van der Waals surface area contributed by atoms with Crippen LogP contribution in [0.15, 0.2) is 30.3 Å². The van der Waals surface area contributed by atoms with Gasteiger partial charge in [0.05, 0.1) is 5.02 Å². The summed E-state index contributed by atoms with van der Waals surface area (Å²) in [6, 6.07) is 7.18. The van der Waals surface area contributed by atoms with Gasteiger partial charge in [-0.3, -0.25) is 9.59 Å². The second-order valence-corrected chi connectivity index (χ2v) is 5.63. The summed E-state index contributed by atoms with van der Waals surface area (Å²) in [5, 5.41) is 9.63. The Morgan fingerprint density at radius 2 is 1.80 bits per heavy atom. The predicted molar refractivity (Wildman–Crippen MR) is 97.8 cm³/mol. The first kappa shape index (κ1) is 21.1. The molecule has 0 aliphatic heterocycles. The standard InChI is InChI=1S/C16H14Cl2N2O4.ClH/c17-14-10(2-4-12(15(14)18)24-7-13(20)22)16(23)8-1-3-11(21)9(5-8)6-19;/h1-5,21H,6-7,19H2,(H2,20,22);1H. The number of primary amides is 1. The summed E-state index contributed by atoms with van der Waals surface area (Å²) in [4.78, 5) is 23.3. The van der Waals surface area contributed by atoms with Gasteiger partial charge >= 0.3 is 0 Å². The fourth-order valence-corrected chi connectivity index (χ4v) is 2.47. The summed E-state index contributed by atoms with van der Waals surface area (Å²) in [5.74, 6) is -0.905. The number of rotatable bonds is 6. The highest BCUT2D eigenvalue weighted by atomic mass is 35.5. The highest BCUT2D eigenvalue weighted by molar-refractivity contribution is 6.45. The van der Waals surface area contributed by atoms with E-state index in [1.54, 1.807) is 0 Å². The van der Waals surface area contributed by atoms with E-state index >= 15 is 0 Å². The van der Waals surface area contributed by atoms with Crippen molar-refractivity contribution in [3.8, 4) is 11.5 Å². The Hall–Kier alpha value is -1.99. The molecule has 6 nitrogen and oxygen atoms in total. The third-order valence-electron chi connectivity index (χ3n) is 3.22. The number of carbonyl (C=O) groups excluding carboxylic acids is 2. The lowest BCUT2D eigenvalue weighted by Gasteiger charge is -2.11. The van der Waals surface area contributed by atoms with Gasteiger partial charge in [0.2, 0.25) is 0 Å². The zero-order valence-electron chi connectivity index (χ0n) is 12.8. The second kappa shape index (κ2) is 8.92. The number of hydrogen-bond donors (Lipinski definition) is 3. The van der Waals surface area contributed by atoms with Gasteiger partial charge < -0.3 is 21.3 Å². The maximum atomic E-state index is 12.6. The van der Waals surface area contributed by atoms with Crippen LogP contribution >= 0.6 is 35.6 Å². The van der Waals surface area contributed by atoms with E-state index in [0.717, 1.165) is 0 Å². The normalized spacial score (nSPS) is 10.0. The fourth-order valence-electron chi connectivity index (χ4n) is 2.01. The van der Waals surface area contributed by atoms with Gasteiger partial charge in [-0.1, -0.05) is 23.2 Å². The molecule has 0 bridgehead atoms. The number of benzene rings is 2. The number of phenols is 1. The lowest BCUT2D eigenvalue weighted by atomic mass is 10.0. The summed E-state index contributed by atoms with van der Waals surface area (Å²) in [7, 11) is 0. The number of carbonyl (C=O) groups is 2. The van der Waals surface area contributed by atoms with Gasteiger partial charge in [0, 0.05) is 23.2 Å². The molecule has 2 rings (SSSR count). The molecule has 0 aliphatic rings. The Kier molecular flexibility index (Phi) is 7.51. The van der Waals surface area contributed by atoms with Crippen molar-refractivity contribution in [1.82, 2.24) is 0 Å². The molecule has 2 aromatic rings. The molecule has 9 heteroatoms. The Balaban J connectivity index is 0.00000312. The number of ether oxygens (including phenoxy) is 1. The number of phenolic OH excluding ortho intramolecular Hbond substituents is 1. The molecule has 1 amide bonds. The van der Waals surface area contributed by atoms with Gasteiger partial charge in [0.15, 0.2) is 12.4 Å². The Morgan fingerprint density at radius 1 is 1.12 bits per heavy atom. The number of nitrogens with two attached hydrogens (primary N) is 2. The van der Waals surface area contributed by atoms with Gasteiger partial charge in [-0.2, -0.15) is 0 Å². The summed E-state index contributed by atoms with van der Waals surface area (Å²) >= 11 is 12.2.